The largest absolute Gasteiger partial charge is 0.508 e. The monoisotopic (exact) mass is 542 g/mol. The van der Waals surface area contributed by atoms with Crippen LogP contribution in [0, 0.1) is 29.6 Å². The minimum atomic E-state index is -0.721. The Labute approximate surface area is 234 Å². The molecule has 0 fully saturated rings. The molecular weight excluding hydrogens is 492 g/mol. The maximum absolute atomic E-state index is 11.6. The predicted molar refractivity (Wildman–Crippen MR) is 159 cm³/mol. The van der Waals surface area contributed by atoms with E-state index in [9.17, 15) is 25.2 Å². The van der Waals surface area contributed by atoms with Gasteiger partial charge in [0.15, 0.2) is 0 Å². The van der Waals surface area contributed by atoms with Crippen molar-refractivity contribution in [2.24, 2.45) is 35.3 Å². The molecule has 0 aliphatic heterocycles. The van der Waals surface area contributed by atoms with Crippen LogP contribution in [0.3, 0.4) is 0 Å². The van der Waals surface area contributed by atoms with Crippen molar-refractivity contribution < 1.29 is 25.2 Å². The van der Waals surface area contributed by atoms with Crippen LogP contribution in [-0.4, -0.2) is 50.8 Å². The summed E-state index contributed by atoms with van der Waals surface area (Å²) in [6, 6.07) is 5.83. The SMILES string of the molecule is C=C/C=C\[C@H](C)[C@H](NC(N)=O)[C@@H](C)[C@H](O)[C@@H](C)C/C(C)=C\[C@H](C)[C@@H](O)[C@@H](C)/C=C\[C@@H](O)Cc1cccc(O)c1. The van der Waals surface area contributed by atoms with E-state index in [-0.39, 0.29) is 41.4 Å². The second kappa shape index (κ2) is 17.0. The van der Waals surface area contributed by atoms with Crippen LogP contribution in [0.25, 0.3) is 0 Å². The molecular formula is C32H50N2O5. The molecule has 0 bridgehead atoms. The van der Waals surface area contributed by atoms with E-state index < -0.39 is 24.3 Å². The number of carbonyl (C=O) groups excluding carboxylic acids is 1. The first-order chi connectivity index (χ1) is 18.3. The Hall–Kier alpha value is -2.87. The van der Waals surface area contributed by atoms with Crippen molar-refractivity contribution in [3.05, 3.63) is 78.4 Å². The molecule has 7 heteroatoms. The molecule has 0 aromatic heterocycles. The van der Waals surface area contributed by atoms with Gasteiger partial charge in [0.1, 0.15) is 5.75 Å². The van der Waals surface area contributed by atoms with Gasteiger partial charge in [0.05, 0.1) is 18.3 Å². The van der Waals surface area contributed by atoms with E-state index in [2.05, 4.69) is 11.9 Å². The molecule has 1 aromatic carbocycles. The number of nitrogens with two attached hydrogens (primary N) is 1. The van der Waals surface area contributed by atoms with Gasteiger partial charge in [-0.3, -0.25) is 0 Å². The van der Waals surface area contributed by atoms with Crippen LogP contribution in [0.4, 0.5) is 4.79 Å². The number of carbonyl (C=O) groups is 1. The highest BCUT2D eigenvalue weighted by Gasteiger charge is 2.31. The molecule has 2 amide bonds. The van der Waals surface area contributed by atoms with Crippen molar-refractivity contribution in [3.8, 4) is 5.75 Å². The molecule has 0 unspecified atom stereocenters. The summed E-state index contributed by atoms with van der Waals surface area (Å²) in [6.45, 7) is 15.4. The zero-order valence-electron chi connectivity index (χ0n) is 24.4. The maximum Gasteiger partial charge on any atom is 0.312 e. The number of nitrogens with one attached hydrogen (secondary N) is 1. The maximum atomic E-state index is 11.6. The van der Waals surface area contributed by atoms with Gasteiger partial charge in [0.25, 0.3) is 0 Å². The van der Waals surface area contributed by atoms with Crippen molar-refractivity contribution >= 4 is 6.03 Å². The summed E-state index contributed by atoms with van der Waals surface area (Å²) in [6.07, 6.45) is 9.90. The summed E-state index contributed by atoms with van der Waals surface area (Å²) >= 11 is 0. The van der Waals surface area contributed by atoms with Gasteiger partial charge in [-0.2, -0.15) is 0 Å². The van der Waals surface area contributed by atoms with Crippen LogP contribution in [0.15, 0.2) is 72.9 Å². The van der Waals surface area contributed by atoms with E-state index in [1.165, 1.54) is 0 Å². The minimum Gasteiger partial charge on any atom is -0.508 e. The average molecular weight is 543 g/mol. The fraction of sp³-hybridized carbons (Fsp3) is 0.531. The Balaban J connectivity index is 2.76. The van der Waals surface area contributed by atoms with E-state index in [1.54, 1.807) is 30.4 Å². The molecule has 1 rings (SSSR count). The molecule has 39 heavy (non-hydrogen) atoms. The number of phenols is 1. The van der Waals surface area contributed by atoms with Gasteiger partial charge in [0, 0.05) is 30.2 Å². The van der Waals surface area contributed by atoms with Gasteiger partial charge >= 0.3 is 6.03 Å². The summed E-state index contributed by atoms with van der Waals surface area (Å²) in [5.41, 5.74) is 7.29. The molecule has 0 spiro atoms. The lowest BCUT2D eigenvalue weighted by atomic mass is 9.80. The second-order valence-corrected chi connectivity index (χ2v) is 11.1. The van der Waals surface area contributed by atoms with E-state index in [0.717, 1.165) is 11.1 Å². The van der Waals surface area contributed by atoms with Crippen LogP contribution < -0.4 is 11.1 Å². The number of amides is 2. The zero-order chi connectivity index (χ0) is 29.7. The summed E-state index contributed by atoms with van der Waals surface area (Å²) in [7, 11) is 0. The molecule has 7 nitrogen and oxygen atoms in total. The molecule has 7 N–H and O–H groups in total. The van der Waals surface area contributed by atoms with Gasteiger partial charge in [-0.1, -0.05) is 95.4 Å². The van der Waals surface area contributed by atoms with Crippen molar-refractivity contribution in [3.63, 3.8) is 0 Å². The standard InChI is InChI=1S/C32H50N2O5/c1-8-9-11-21(3)29(34-32(33)39)25(7)31(38)24(6)17-20(2)16-23(5)30(37)22(4)14-15-28(36)19-26-12-10-13-27(35)18-26/h8-16,18,21-25,28-31,35-38H,1,17,19H2,2-7H3,(H3,33,34,39)/b11-9-,15-14-,20-16-/t21-,22-,23-,24-,25+,28+,29-,30-,31+/m0/s1. The Morgan fingerprint density at radius 1 is 1.00 bits per heavy atom. The lowest BCUT2D eigenvalue weighted by molar-refractivity contribution is 0.0428. The smallest absolute Gasteiger partial charge is 0.312 e. The summed E-state index contributed by atoms with van der Waals surface area (Å²) in [4.78, 5) is 11.6. The number of urea groups is 1. The number of aliphatic hydroxyl groups is 3. The van der Waals surface area contributed by atoms with Crippen LogP contribution in [0.2, 0.25) is 0 Å². The number of aliphatic hydroxyl groups excluding tert-OH is 3. The Morgan fingerprint density at radius 3 is 2.26 bits per heavy atom. The van der Waals surface area contributed by atoms with Crippen LogP contribution in [-0.2, 0) is 6.42 Å². The Kier molecular flexibility index (Phi) is 14.8. The lowest BCUT2D eigenvalue weighted by Crippen LogP contribution is -2.50. The Morgan fingerprint density at radius 2 is 1.67 bits per heavy atom. The number of rotatable bonds is 16. The van der Waals surface area contributed by atoms with Crippen molar-refractivity contribution in [2.45, 2.75) is 78.7 Å². The van der Waals surface area contributed by atoms with Crippen molar-refractivity contribution in [1.82, 2.24) is 5.32 Å². The number of allylic oxidation sites excluding steroid dienone is 3. The van der Waals surface area contributed by atoms with Gasteiger partial charge in [0.2, 0.25) is 0 Å². The topological polar surface area (TPSA) is 136 Å². The average Bonchev–Trinajstić information content (AvgIpc) is 2.87. The van der Waals surface area contributed by atoms with Gasteiger partial charge in [-0.05, 0) is 42.9 Å². The Bertz CT molecular complexity index is 989. The summed E-state index contributed by atoms with van der Waals surface area (Å²) in [5.74, 6) is -0.536. The van der Waals surface area contributed by atoms with E-state index >= 15 is 0 Å². The van der Waals surface area contributed by atoms with E-state index in [1.807, 2.05) is 71.9 Å². The number of primary amides is 1. The third-order valence-electron chi connectivity index (χ3n) is 7.38. The first-order valence-electron chi connectivity index (χ1n) is 13.8. The molecule has 0 saturated carbocycles. The van der Waals surface area contributed by atoms with Crippen LogP contribution >= 0.6 is 0 Å². The number of aromatic hydroxyl groups is 1. The number of benzene rings is 1. The minimum absolute atomic E-state index is 0.0490. The highest BCUT2D eigenvalue weighted by molar-refractivity contribution is 5.72. The zero-order valence-corrected chi connectivity index (χ0v) is 24.4. The molecule has 0 aliphatic rings. The fourth-order valence-corrected chi connectivity index (χ4v) is 5.14. The van der Waals surface area contributed by atoms with Crippen LogP contribution in [0.1, 0.15) is 53.5 Å². The second-order valence-electron chi connectivity index (χ2n) is 11.1. The fourth-order valence-electron chi connectivity index (χ4n) is 5.14. The molecule has 218 valence electrons. The predicted octanol–water partition coefficient (Wildman–Crippen LogP) is 4.87. The number of hydrogen-bond acceptors (Lipinski definition) is 5. The summed E-state index contributed by atoms with van der Waals surface area (Å²) < 4.78 is 0. The van der Waals surface area contributed by atoms with Crippen molar-refractivity contribution in [1.29, 1.82) is 0 Å². The molecule has 0 aliphatic carbocycles. The lowest BCUT2D eigenvalue weighted by Gasteiger charge is -2.34. The molecule has 9 atom stereocenters. The first kappa shape index (κ1) is 34.2. The molecule has 0 radical (unpaired) electrons. The molecule has 0 saturated heterocycles. The van der Waals surface area contributed by atoms with Crippen molar-refractivity contribution in [2.75, 3.05) is 0 Å². The third kappa shape index (κ3) is 12.2. The molecule has 0 heterocycles. The van der Waals surface area contributed by atoms with E-state index in [4.69, 9.17) is 5.73 Å². The first-order valence-corrected chi connectivity index (χ1v) is 13.8. The van der Waals surface area contributed by atoms with Gasteiger partial charge in [-0.25, -0.2) is 4.79 Å². The number of hydrogen-bond donors (Lipinski definition) is 6. The molecule has 1 aromatic rings. The third-order valence-corrected chi connectivity index (χ3v) is 7.38. The summed E-state index contributed by atoms with van der Waals surface area (Å²) in [5, 5.41) is 44.7. The van der Waals surface area contributed by atoms with Gasteiger partial charge in [-0.15, -0.1) is 0 Å². The highest BCUT2D eigenvalue weighted by atomic mass is 16.3. The van der Waals surface area contributed by atoms with Gasteiger partial charge < -0.3 is 31.5 Å². The normalized spacial score (nSPS) is 19.6. The van der Waals surface area contributed by atoms with E-state index in [0.29, 0.717) is 12.8 Å². The highest BCUT2D eigenvalue weighted by Crippen LogP contribution is 2.27. The van der Waals surface area contributed by atoms with Crippen LogP contribution in [0.5, 0.6) is 5.75 Å². The quantitative estimate of drug-likeness (QED) is 0.131. The number of phenolic OH excluding ortho intramolecular Hbond substituents is 1.